The van der Waals surface area contributed by atoms with Gasteiger partial charge in [0.15, 0.2) is 0 Å². The van der Waals surface area contributed by atoms with Gasteiger partial charge in [-0.3, -0.25) is 24.9 Å². The number of pyridine rings is 1. The molecule has 2 aromatic rings. The first kappa shape index (κ1) is 27.6. The van der Waals surface area contributed by atoms with Crippen LogP contribution in [0.4, 0.5) is 8.78 Å². The Balaban J connectivity index is 1.26. The predicted octanol–water partition coefficient (Wildman–Crippen LogP) is 2.84. The van der Waals surface area contributed by atoms with Crippen LogP contribution in [0.2, 0.25) is 0 Å². The molecule has 39 heavy (non-hydrogen) atoms. The van der Waals surface area contributed by atoms with E-state index in [1.54, 1.807) is 14.1 Å². The maximum Gasteiger partial charge on any atom is 0.239 e. The average molecular weight is 541 g/mol. The van der Waals surface area contributed by atoms with Crippen molar-refractivity contribution in [1.82, 2.24) is 31.0 Å². The van der Waals surface area contributed by atoms with E-state index in [4.69, 9.17) is 0 Å². The predicted molar refractivity (Wildman–Crippen MR) is 143 cm³/mol. The summed E-state index contributed by atoms with van der Waals surface area (Å²) in [6, 6.07) is 7.64. The minimum atomic E-state index is -0.633. The number of nitrogens with one attached hydrogen (secondary N) is 3. The zero-order valence-corrected chi connectivity index (χ0v) is 22.8. The van der Waals surface area contributed by atoms with Crippen LogP contribution in [-0.4, -0.2) is 65.4 Å². The fraction of sp³-hybridized carbons (Fsp3) is 0.552. The number of nitrogens with zero attached hydrogens (tertiary/aromatic N) is 3. The lowest BCUT2D eigenvalue weighted by Gasteiger charge is -2.41. The third-order valence-electron chi connectivity index (χ3n) is 8.58. The van der Waals surface area contributed by atoms with Gasteiger partial charge in [-0.2, -0.15) is 0 Å². The van der Waals surface area contributed by atoms with Gasteiger partial charge in [0, 0.05) is 62.6 Å². The standard InChI is InChI=1S/C29H38F2N6O2/c1-17-13-18(11-12-32-17)27-21-14-19(7-9-25(21)34-35-27)28(38)33-20-8-10-26(29(39)36(2)3)37(15-20)16-22-23(30)5-4-6-24(22)31/h4-6,11-13,19-21,25-27,34-35H,7-10,14-16H2,1-3H3,(H,33,38)/t19?,20-,21?,25?,26+,27?/m1/s1. The Morgan fingerprint density at radius 1 is 1.10 bits per heavy atom. The molecule has 1 aromatic carbocycles. The van der Waals surface area contributed by atoms with E-state index in [9.17, 15) is 18.4 Å². The molecule has 4 unspecified atom stereocenters. The molecule has 1 aliphatic carbocycles. The lowest BCUT2D eigenvalue weighted by molar-refractivity contribution is -0.136. The Morgan fingerprint density at radius 3 is 2.59 bits per heavy atom. The Hall–Kier alpha value is -2.95. The van der Waals surface area contributed by atoms with Crippen molar-refractivity contribution < 1.29 is 18.4 Å². The quantitative estimate of drug-likeness (QED) is 0.522. The van der Waals surface area contributed by atoms with Crippen molar-refractivity contribution >= 4 is 11.8 Å². The van der Waals surface area contributed by atoms with E-state index in [-0.39, 0.29) is 47.8 Å². The Morgan fingerprint density at radius 2 is 1.87 bits per heavy atom. The summed E-state index contributed by atoms with van der Waals surface area (Å²) >= 11 is 0. The average Bonchev–Trinajstić information content (AvgIpc) is 3.34. The monoisotopic (exact) mass is 540 g/mol. The molecule has 3 aliphatic rings. The van der Waals surface area contributed by atoms with E-state index in [0.29, 0.717) is 25.4 Å². The number of aryl methyl sites for hydroxylation is 1. The molecule has 1 saturated carbocycles. The molecular formula is C29H38F2N6O2. The molecule has 6 atom stereocenters. The van der Waals surface area contributed by atoms with Crippen LogP contribution in [-0.2, 0) is 16.1 Å². The number of amides is 2. The van der Waals surface area contributed by atoms with Gasteiger partial charge in [-0.05, 0) is 74.8 Å². The Labute approximate surface area is 228 Å². The molecule has 1 aromatic heterocycles. The van der Waals surface area contributed by atoms with Crippen molar-refractivity contribution in [2.45, 2.75) is 69.7 Å². The van der Waals surface area contributed by atoms with Crippen molar-refractivity contribution in [3.05, 3.63) is 65.0 Å². The van der Waals surface area contributed by atoms with Crippen LogP contribution in [0.3, 0.4) is 0 Å². The summed E-state index contributed by atoms with van der Waals surface area (Å²) in [6.45, 7) is 2.29. The molecule has 2 saturated heterocycles. The third-order valence-corrected chi connectivity index (χ3v) is 8.58. The number of carbonyl (C=O) groups is 2. The molecule has 5 rings (SSSR count). The van der Waals surface area contributed by atoms with Crippen molar-refractivity contribution in [2.75, 3.05) is 20.6 Å². The number of likely N-dealkylation sites (N-methyl/N-ethyl adjacent to an activating group) is 1. The number of rotatable bonds is 6. The molecule has 0 spiro atoms. The molecule has 3 fully saturated rings. The van der Waals surface area contributed by atoms with Crippen LogP contribution in [0.1, 0.15) is 55.0 Å². The first-order chi connectivity index (χ1) is 18.7. The van der Waals surface area contributed by atoms with Crippen molar-refractivity contribution in [1.29, 1.82) is 0 Å². The molecule has 2 amide bonds. The molecule has 210 valence electrons. The number of likely N-dealkylation sites (tertiary alicyclic amines) is 1. The second-order valence-electron chi connectivity index (χ2n) is 11.4. The molecule has 8 nitrogen and oxygen atoms in total. The van der Waals surface area contributed by atoms with E-state index in [1.807, 2.05) is 24.1 Å². The highest BCUT2D eigenvalue weighted by Gasteiger charge is 2.43. The van der Waals surface area contributed by atoms with E-state index in [1.165, 1.54) is 28.7 Å². The molecular weight excluding hydrogens is 502 g/mol. The summed E-state index contributed by atoms with van der Waals surface area (Å²) < 4.78 is 29.0. The number of halogens is 2. The Kier molecular flexibility index (Phi) is 8.25. The van der Waals surface area contributed by atoms with Crippen LogP contribution >= 0.6 is 0 Å². The summed E-state index contributed by atoms with van der Waals surface area (Å²) in [7, 11) is 3.36. The van der Waals surface area contributed by atoms with Crippen molar-refractivity contribution in [3.8, 4) is 0 Å². The van der Waals surface area contributed by atoms with Gasteiger partial charge in [0.25, 0.3) is 0 Å². The van der Waals surface area contributed by atoms with Gasteiger partial charge in [0.2, 0.25) is 11.8 Å². The first-order valence-electron chi connectivity index (χ1n) is 13.8. The van der Waals surface area contributed by atoms with Gasteiger partial charge in [-0.15, -0.1) is 0 Å². The maximum atomic E-state index is 14.5. The van der Waals surface area contributed by atoms with Gasteiger partial charge < -0.3 is 10.2 Å². The summed E-state index contributed by atoms with van der Waals surface area (Å²) in [5.74, 6) is -1.18. The third kappa shape index (κ3) is 5.97. The number of hydrogen-bond acceptors (Lipinski definition) is 6. The van der Waals surface area contributed by atoms with E-state index >= 15 is 0 Å². The summed E-state index contributed by atoms with van der Waals surface area (Å²) in [5.41, 5.74) is 8.93. The lowest BCUT2D eigenvalue weighted by Crippen LogP contribution is -2.56. The van der Waals surface area contributed by atoms with Gasteiger partial charge in [-0.1, -0.05) is 6.07 Å². The summed E-state index contributed by atoms with van der Waals surface area (Å²) in [6.07, 6.45) is 5.42. The van der Waals surface area contributed by atoms with Crippen LogP contribution in [0, 0.1) is 30.4 Å². The van der Waals surface area contributed by atoms with Crippen molar-refractivity contribution in [3.63, 3.8) is 0 Å². The highest BCUT2D eigenvalue weighted by molar-refractivity contribution is 5.82. The summed E-state index contributed by atoms with van der Waals surface area (Å²) in [5, 5.41) is 3.22. The SMILES string of the molecule is Cc1cc(C2NNC3CCC(C(=O)N[C@@H]4CC[C@@H](C(=O)N(C)C)N(Cc5c(F)cccc5F)C4)CC32)ccn1. The highest BCUT2D eigenvalue weighted by atomic mass is 19.1. The number of fused-ring (bicyclic) bond motifs is 1. The van der Waals surface area contributed by atoms with E-state index in [2.05, 4.69) is 27.2 Å². The molecule has 0 radical (unpaired) electrons. The van der Waals surface area contributed by atoms with Gasteiger partial charge >= 0.3 is 0 Å². The lowest BCUT2D eigenvalue weighted by atomic mass is 9.74. The van der Waals surface area contributed by atoms with Crippen LogP contribution in [0.15, 0.2) is 36.5 Å². The molecule has 3 N–H and O–H groups in total. The molecule has 3 heterocycles. The first-order valence-corrected chi connectivity index (χ1v) is 13.8. The summed E-state index contributed by atoms with van der Waals surface area (Å²) in [4.78, 5) is 34.0. The van der Waals surface area contributed by atoms with Crippen LogP contribution in [0.25, 0.3) is 0 Å². The Bertz CT molecular complexity index is 1190. The number of benzene rings is 1. The second kappa shape index (κ2) is 11.7. The van der Waals surface area contributed by atoms with Crippen LogP contribution in [0.5, 0.6) is 0 Å². The van der Waals surface area contributed by atoms with Crippen molar-refractivity contribution in [2.24, 2.45) is 11.8 Å². The normalized spacial score (nSPS) is 29.1. The zero-order chi connectivity index (χ0) is 27.7. The smallest absolute Gasteiger partial charge is 0.239 e. The molecule has 2 aliphatic heterocycles. The fourth-order valence-corrected chi connectivity index (χ4v) is 6.51. The number of hydrazine groups is 1. The number of aromatic nitrogens is 1. The second-order valence-corrected chi connectivity index (χ2v) is 11.4. The maximum absolute atomic E-state index is 14.5. The minimum Gasteiger partial charge on any atom is -0.352 e. The number of hydrogen-bond donors (Lipinski definition) is 3. The number of carbonyl (C=O) groups excluding carboxylic acids is 2. The van der Waals surface area contributed by atoms with Gasteiger partial charge in [-0.25, -0.2) is 14.2 Å². The van der Waals surface area contributed by atoms with Gasteiger partial charge in [0.1, 0.15) is 11.6 Å². The largest absolute Gasteiger partial charge is 0.352 e. The van der Waals surface area contributed by atoms with E-state index < -0.39 is 17.7 Å². The van der Waals surface area contributed by atoms with Gasteiger partial charge in [0.05, 0.1) is 12.1 Å². The number of piperidine rings is 1. The minimum absolute atomic E-state index is 0.0180. The topological polar surface area (TPSA) is 89.6 Å². The van der Waals surface area contributed by atoms with Crippen LogP contribution < -0.4 is 16.2 Å². The van der Waals surface area contributed by atoms with E-state index in [0.717, 1.165) is 25.0 Å². The highest BCUT2D eigenvalue weighted by Crippen LogP contribution is 2.40. The molecule has 0 bridgehead atoms. The fourth-order valence-electron chi connectivity index (χ4n) is 6.51. The zero-order valence-electron chi connectivity index (χ0n) is 22.8. The molecule has 10 heteroatoms.